The Kier molecular flexibility index (Phi) is 4.95. The van der Waals surface area contributed by atoms with Crippen LogP contribution >= 0.6 is 0 Å². The van der Waals surface area contributed by atoms with Crippen LogP contribution in [0.5, 0.6) is 0 Å². The molecule has 0 aromatic carbocycles. The van der Waals surface area contributed by atoms with E-state index in [0.29, 0.717) is 6.10 Å². The van der Waals surface area contributed by atoms with Crippen molar-refractivity contribution in [3.8, 4) is 0 Å². The molecule has 1 aliphatic rings. The van der Waals surface area contributed by atoms with Crippen LogP contribution in [0.15, 0.2) is 12.8 Å². The summed E-state index contributed by atoms with van der Waals surface area (Å²) in [5.41, 5.74) is 0. The van der Waals surface area contributed by atoms with Crippen molar-refractivity contribution in [2.45, 2.75) is 58.0 Å². The minimum atomic E-state index is 0.468. The first-order valence-corrected chi connectivity index (χ1v) is 5.63. The average molecular weight is 182 g/mol. The van der Waals surface area contributed by atoms with E-state index in [4.69, 9.17) is 4.74 Å². The normalized spacial score (nSPS) is 28.4. The number of hydrogen-bond donors (Lipinski definition) is 0. The zero-order valence-corrected chi connectivity index (χ0v) is 8.80. The SMILES string of the molecule is C=COC1CCC(CCCC)CC1. The minimum absolute atomic E-state index is 0.468. The van der Waals surface area contributed by atoms with Gasteiger partial charge in [-0.1, -0.05) is 32.8 Å². The highest BCUT2D eigenvalue weighted by atomic mass is 16.5. The molecule has 0 amide bonds. The van der Waals surface area contributed by atoms with Gasteiger partial charge in [0.1, 0.15) is 0 Å². The lowest BCUT2D eigenvalue weighted by molar-refractivity contribution is 0.0867. The molecule has 1 saturated carbocycles. The van der Waals surface area contributed by atoms with Gasteiger partial charge < -0.3 is 4.74 Å². The molecule has 13 heavy (non-hydrogen) atoms. The largest absolute Gasteiger partial charge is 0.499 e. The molecule has 1 aliphatic carbocycles. The molecule has 0 atom stereocenters. The Morgan fingerprint density at radius 3 is 2.54 bits per heavy atom. The lowest BCUT2D eigenvalue weighted by atomic mass is 9.84. The molecule has 76 valence electrons. The third-order valence-corrected chi connectivity index (χ3v) is 3.05. The van der Waals surface area contributed by atoms with E-state index in [1.807, 2.05) is 0 Å². The zero-order chi connectivity index (χ0) is 9.52. The second-order valence-electron chi connectivity index (χ2n) is 4.09. The van der Waals surface area contributed by atoms with Crippen molar-refractivity contribution in [3.63, 3.8) is 0 Å². The van der Waals surface area contributed by atoms with Gasteiger partial charge in [-0.2, -0.15) is 0 Å². The second kappa shape index (κ2) is 6.06. The van der Waals surface area contributed by atoms with Gasteiger partial charge in [-0.25, -0.2) is 0 Å². The summed E-state index contributed by atoms with van der Waals surface area (Å²) in [7, 11) is 0. The summed E-state index contributed by atoms with van der Waals surface area (Å²) in [6, 6.07) is 0. The maximum atomic E-state index is 5.40. The third-order valence-electron chi connectivity index (χ3n) is 3.05. The van der Waals surface area contributed by atoms with Gasteiger partial charge in [-0.05, 0) is 31.6 Å². The van der Waals surface area contributed by atoms with E-state index in [-0.39, 0.29) is 0 Å². The summed E-state index contributed by atoms with van der Waals surface area (Å²) in [6.45, 7) is 5.87. The highest BCUT2D eigenvalue weighted by molar-refractivity contribution is 4.74. The zero-order valence-electron chi connectivity index (χ0n) is 8.80. The van der Waals surface area contributed by atoms with Crippen molar-refractivity contribution in [1.29, 1.82) is 0 Å². The summed E-state index contributed by atoms with van der Waals surface area (Å²) in [6.07, 6.45) is 11.4. The molecule has 0 N–H and O–H groups in total. The lowest BCUT2D eigenvalue weighted by Gasteiger charge is -2.27. The van der Waals surface area contributed by atoms with Gasteiger partial charge in [-0.3, -0.25) is 0 Å². The molecule has 1 heteroatoms. The van der Waals surface area contributed by atoms with Crippen LogP contribution in [0.2, 0.25) is 0 Å². The van der Waals surface area contributed by atoms with Crippen molar-refractivity contribution in [2.24, 2.45) is 5.92 Å². The minimum Gasteiger partial charge on any atom is -0.499 e. The first-order chi connectivity index (χ1) is 6.36. The van der Waals surface area contributed by atoms with E-state index in [1.165, 1.54) is 44.9 Å². The first kappa shape index (κ1) is 10.6. The average Bonchev–Trinajstić information content (AvgIpc) is 2.17. The number of ether oxygens (including phenoxy) is 1. The fourth-order valence-electron chi connectivity index (χ4n) is 2.19. The van der Waals surface area contributed by atoms with E-state index < -0.39 is 0 Å². The predicted octanol–water partition coefficient (Wildman–Crippen LogP) is 3.90. The fraction of sp³-hybridized carbons (Fsp3) is 0.833. The lowest BCUT2D eigenvalue weighted by Crippen LogP contribution is -2.19. The van der Waals surface area contributed by atoms with Crippen LogP contribution in [0, 0.1) is 5.92 Å². The Labute approximate surface area is 82.2 Å². The van der Waals surface area contributed by atoms with Crippen LogP contribution < -0.4 is 0 Å². The van der Waals surface area contributed by atoms with E-state index in [1.54, 1.807) is 6.26 Å². The molecular weight excluding hydrogens is 160 g/mol. The Bertz CT molecular complexity index is 134. The summed E-state index contributed by atoms with van der Waals surface area (Å²) in [5, 5.41) is 0. The van der Waals surface area contributed by atoms with E-state index in [9.17, 15) is 0 Å². The van der Waals surface area contributed by atoms with Crippen molar-refractivity contribution >= 4 is 0 Å². The van der Waals surface area contributed by atoms with Crippen molar-refractivity contribution in [1.82, 2.24) is 0 Å². The van der Waals surface area contributed by atoms with E-state index in [2.05, 4.69) is 13.5 Å². The second-order valence-corrected chi connectivity index (χ2v) is 4.09. The molecular formula is C12H22O. The van der Waals surface area contributed by atoms with Gasteiger partial charge in [0.25, 0.3) is 0 Å². The van der Waals surface area contributed by atoms with Crippen LogP contribution in [-0.2, 0) is 4.74 Å². The van der Waals surface area contributed by atoms with Crippen molar-refractivity contribution < 1.29 is 4.74 Å². The standard InChI is InChI=1S/C12H22O/c1-3-5-6-11-7-9-12(10-8-11)13-4-2/h4,11-12H,2-3,5-10H2,1H3. The van der Waals surface area contributed by atoms with Gasteiger partial charge in [0, 0.05) is 0 Å². The van der Waals surface area contributed by atoms with E-state index in [0.717, 1.165) is 5.92 Å². The topological polar surface area (TPSA) is 9.23 Å². The molecule has 0 aliphatic heterocycles. The third kappa shape index (κ3) is 3.84. The Morgan fingerprint density at radius 2 is 2.00 bits per heavy atom. The maximum Gasteiger partial charge on any atom is 0.0978 e. The summed E-state index contributed by atoms with van der Waals surface area (Å²) >= 11 is 0. The molecule has 1 nitrogen and oxygen atoms in total. The van der Waals surface area contributed by atoms with Crippen molar-refractivity contribution in [3.05, 3.63) is 12.8 Å². The Morgan fingerprint density at radius 1 is 1.31 bits per heavy atom. The van der Waals surface area contributed by atoms with Gasteiger partial charge in [0.05, 0.1) is 12.4 Å². The number of hydrogen-bond acceptors (Lipinski definition) is 1. The molecule has 0 spiro atoms. The first-order valence-electron chi connectivity index (χ1n) is 5.63. The van der Waals surface area contributed by atoms with Crippen LogP contribution in [0.25, 0.3) is 0 Å². The summed E-state index contributed by atoms with van der Waals surface area (Å²) < 4.78 is 5.40. The maximum absolute atomic E-state index is 5.40. The van der Waals surface area contributed by atoms with E-state index >= 15 is 0 Å². The highest BCUT2D eigenvalue weighted by Gasteiger charge is 2.20. The summed E-state index contributed by atoms with van der Waals surface area (Å²) in [4.78, 5) is 0. The van der Waals surface area contributed by atoms with Crippen LogP contribution in [0.3, 0.4) is 0 Å². The van der Waals surface area contributed by atoms with Crippen LogP contribution in [0.4, 0.5) is 0 Å². The molecule has 0 bridgehead atoms. The fourth-order valence-corrected chi connectivity index (χ4v) is 2.19. The van der Waals surface area contributed by atoms with Gasteiger partial charge in [0.15, 0.2) is 0 Å². The van der Waals surface area contributed by atoms with Crippen LogP contribution in [0.1, 0.15) is 51.9 Å². The quantitative estimate of drug-likeness (QED) is 0.586. The number of rotatable bonds is 5. The van der Waals surface area contributed by atoms with Gasteiger partial charge in [-0.15, -0.1) is 0 Å². The molecule has 0 radical (unpaired) electrons. The monoisotopic (exact) mass is 182 g/mol. The highest BCUT2D eigenvalue weighted by Crippen LogP contribution is 2.29. The predicted molar refractivity (Wildman–Crippen MR) is 56.6 cm³/mol. The molecule has 0 unspecified atom stereocenters. The van der Waals surface area contributed by atoms with Gasteiger partial charge >= 0.3 is 0 Å². The van der Waals surface area contributed by atoms with Crippen LogP contribution in [-0.4, -0.2) is 6.10 Å². The van der Waals surface area contributed by atoms with Crippen molar-refractivity contribution in [2.75, 3.05) is 0 Å². The molecule has 0 heterocycles. The smallest absolute Gasteiger partial charge is 0.0978 e. The molecule has 1 rings (SSSR count). The summed E-state index contributed by atoms with van der Waals surface area (Å²) in [5.74, 6) is 0.976. The molecule has 0 aromatic rings. The number of unbranched alkanes of at least 4 members (excludes halogenated alkanes) is 1. The molecule has 0 saturated heterocycles. The Hall–Kier alpha value is -0.460. The Balaban J connectivity index is 2.11. The van der Waals surface area contributed by atoms with Gasteiger partial charge in [0.2, 0.25) is 0 Å². The molecule has 1 fully saturated rings. The molecule has 0 aromatic heterocycles.